The molecule has 2 N–H and O–H groups in total. The highest BCUT2D eigenvalue weighted by molar-refractivity contribution is 5.83. The van der Waals surface area contributed by atoms with Crippen molar-refractivity contribution in [2.45, 2.75) is 13.0 Å². The molecule has 0 aromatic heterocycles. The monoisotopic (exact) mass is 288 g/mol. The van der Waals surface area contributed by atoms with Crippen LogP contribution in [0, 0.1) is 11.8 Å². The van der Waals surface area contributed by atoms with E-state index in [0.29, 0.717) is 6.54 Å². The number of aliphatic carboxylic acids is 1. The zero-order valence-electron chi connectivity index (χ0n) is 11.8. The molecule has 1 aliphatic rings. The summed E-state index contributed by atoms with van der Waals surface area (Å²) in [7, 11) is 2.66. The van der Waals surface area contributed by atoms with Gasteiger partial charge in [0.2, 0.25) is 0 Å². The molecule has 1 fully saturated rings. The van der Waals surface area contributed by atoms with Gasteiger partial charge in [0.05, 0.1) is 19.6 Å². The fourth-order valence-electron chi connectivity index (χ4n) is 2.17. The Kier molecular flexibility index (Phi) is 5.75. The van der Waals surface area contributed by atoms with Crippen LogP contribution in [0.2, 0.25) is 0 Å². The maximum Gasteiger partial charge on any atom is 0.328 e. The molecule has 3 unspecified atom stereocenters. The van der Waals surface area contributed by atoms with Gasteiger partial charge in [-0.15, -0.1) is 0 Å². The minimum absolute atomic E-state index is 0.0288. The Morgan fingerprint density at radius 3 is 2.50 bits per heavy atom. The summed E-state index contributed by atoms with van der Waals surface area (Å²) >= 11 is 0. The molecule has 8 nitrogen and oxygen atoms in total. The topological polar surface area (TPSA) is 105 Å². The lowest BCUT2D eigenvalue weighted by molar-refractivity contribution is -0.146. The van der Waals surface area contributed by atoms with Crippen LogP contribution in [-0.2, 0) is 19.1 Å². The molecular formula is C12H20N2O6. The van der Waals surface area contributed by atoms with Gasteiger partial charge in [-0.3, -0.25) is 4.79 Å². The number of likely N-dealkylation sites (tertiary alicyclic amines) is 1. The van der Waals surface area contributed by atoms with Crippen molar-refractivity contribution >= 4 is 18.0 Å². The largest absolute Gasteiger partial charge is 0.480 e. The van der Waals surface area contributed by atoms with Crippen molar-refractivity contribution in [3.05, 3.63) is 0 Å². The van der Waals surface area contributed by atoms with E-state index in [-0.39, 0.29) is 31.0 Å². The molecule has 1 heterocycles. The predicted molar refractivity (Wildman–Crippen MR) is 68.1 cm³/mol. The first kappa shape index (κ1) is 16.2. The number of hydrogen-bond donors (Lipinski definition) is 2. The lowest BCUT2D eigenvalue weighted by Gasteiger charge is -2.20. The first-order chi connectivity index (χ1) is 9.40. The van der Waals surface area contributed by atoms with E-state index in [2.05, 4.69) is 10.1 Å². The Balaban J connectivity index is 2.61. The van der Waals surface area contributed by atoms with Crippen LogP contribution in [0.15, 0.2) is 0 Å². The smallest absolute Gasteiger partial charge is 0.328 e. The van der Waals surface area contributed by atoms with Gasteiger partial charge in [0.15, 0.2) is 6.04 Å². The van der Waals surface area contributed by atoms with E-state index in [1.807, 2.05) is 6.92 Å². The van der Waals surface area contributed by atoms with Gasteiger partial charge in [0, 0.05) is 20.2 Å². The van der Waals surface area contributed by atoms with Gasteiger partial charge in [0.25, 0.3) is 0 Å². The summed E-state index contributed by atoms with van der Waals surface area (Å²) in [5, 5.41) is 11.3. The fraction of sp³-hybridized carbons (Fsp3) is 0.750. The number of carboxylic acids is 1. The number of carbonyl (C=O) groups excluding carboxylic acids is 2. The molecule has 20 heavy (non-hydrogen) atoms. The molecule has 0 aliphatic carbocycles. The van der Waals surface area contributed by atoms with Crippen LogP contribution in [0.4, 0.5) is 4.79 Å². The summed E-state index contributed by atoms with van der Waals surface area (Å²) in [5.41, 5.74) is 0. The number of rotatable bonds is 5. The van der Waals surface area contributed by atoms with Crippen LogP contribution in [0.1, 0.15) is 6.92 Å². The van der Waals surface area contributed by atoms with Crippen molar-refractivity contribution in [1.82, 2.24) is 10.2 Å². The lowest BCUT2D eigenvalue weighted by Crippen LogP contribution is -2.49. The minimum Gasteiger partial charge on any atom is -0.480 e. The normalized spacial score (nSPS) is 23.2. The standard InChI is InChI=1S/C12H20N2O6/c1-7-4-14(5-8(7)11(17)20-3)12(18)13-9(6-19-2)10(15)16/h7-9H,4-6H2,1-3H3,(H,13,18)(H,15,16). The van der Waals surface area contributed by atoms with Crippen molar-refractivity contribution in [3.63, 3.8) is 0 Å². The van der Waals surface area contributed by atoms with Crippen LogP contribution in [0.5, 0.6) is 0 Å². The highest BCUT2D eigenvalue weighted by atomic mass is 16.5. The molecule has 0 bridgehead atoms. The molecule has 2 amide bonds. The highest BCUT2D eigenvalue weighted by Gasteiger charge is 2.38. The van der Waals surface area contributed by atoms with E-state index in [1.54, 1.807) is 0 Å². The number of urea groups is 1. The Morgan fingerprint density at radius 1 is 1.35 bits per heavy atom. The number of esters is 1. The quantitative estimate of drug-likeness (QED) is 0.663. The third-order valence-corrected chi connectivity index (χ3v) is 3.33. The summed E-state index contributed by atoms with van der Waals surface area (Å²) in [6, 6.07) is -1.63. The highest BCUT2D eigenvalue weighted by Crippen LogP contribution is 2.24. The van der Waals surface area contributed by atoms with Gasteiger partial charge in [-0.25, -0.2) is 9.59 Å². The molecule has 1 aliphatic heterocycles. The minimum atomic E-state index is -1.17. The SMILES string of the molecule is COCC(NC(=O)N1CC(C)C(C(=O)OC)C1)C(=O)O. The summed E-state index contributed by atoms with van der Waals surface area (Å²) < 4.78 is 9.42. The summed E-state index contributed by atoms with van der Waals surface area (Å²) in [5.74, 6) is -1.94. The summed E-state index contributed by atoms with van der Waals surface area (Å²) in [6.07, 6.45) is 0. The third kappa shape index (κ3) is 3.83. The van der Waals surface area contributed by atoms with Crippen LogP contribution in [0.3, 0.4) is 0 Å². The molecule has 1 saturated heterocycles. The summed E-state index contributed by atoms with van der Waals surface area (Å²) in [4.78, 5) is 35.9. The first-order valence-electron chi connectivity index (χ1n) is 6.25. The Morgan fingerprint density at radius 2 is 2.00 bits per heavy atom. The van der Waals surface area contributed by atoms with Gasteiger partial charge >= 0.3 is 18.0 Å². The van der Waals surface area contributed by atoms with Crippen LogP contribution in [-0.4, -0.2) is 67.9 Å². The Hall–Kier alpha value is -1.83. The van der Waals surface area contributed by atoms with Crippen molar-refractivity contribution < 1.29 is 29.0 Å². The molecule has 0 spiro atoms. The number of amides is 2. The molecule has 8 heteroatoms. The molecule has 0 radical (unpaired) electrons. The van der Waals surface area contributed by atoms with Gasteiger partial charge in [-0.1, -0.05) is 6.92 Å². The number of nitrogens with zero attached hydrogens (tertiary/aromatic N) is 1. The molecular weight excluding hydrogens is 268 g/mol. The zero-order valence-corrected chi connectivity index (χ0v) is 11.8. The molecule has 3 atom stereocenters. The Bertz CT molecular complexity index is 386. The maximum atomic E-state index is 12.0. The van der Waals surface area contributed by atoms with E-state index in [9.17, 15) is 14.4 Å². The molecule has 0 aromatic carbocycles. The van der Waals surface area contributed by atoms with Crippen molar-refractivity contribution in [1.29, 1.82) is 0 Å². The van der Waals surface area contributed by atoms with E-state index >= 15 is 0 Å². The van der Waals surface area contributed by atoms with E-state index < -0.39 is 18.0 Å². The first-order valence-corrected chi connectivity index (χ1v) is 6.25. The number of carbonyl (C=O) groups is 3. The lowest BCUT2D eigenvalue weighted by atomic mass is 9.99. The average Bonchev–Trinajstić information content (AvgIpc) is 2.79. The predicted octanol–water partition coefficient (Wildman–Crippen LogP) is -0.463. The zero-order chi connectivity index (χ0) is 15.3. The molecule has 1 rings (SSSR count). The van der Waals surface area contributed by atoms with E-state index in [4.69, 9.17) is 9.84 Å². The van der Waals surface area contributed by atoms with Crippen molar-refractivity contribution in [2.75, 3.05) is 33.9 Å². The van der Waals surface area contributed by atoms with Gasteiger partial charge in [-0.2, -0.15) is 0 Å². The third-order valence-electron chi connectivity index (χ3n) is 3.33. The van der Waals surface area contributed by atoms with Crippen LogP contribution in [0.25, 0.3) is 0 Å². The van der Waals surface area contributed by atoms with Crippen molar-refractivity contribution in [3.8, 4) is 0 Å². The van der Waals surface area contributed by atoms with Gasteiger partial charge < -0.3 is 24.8 Å². The van der Waals surface area contributed by atoms with Gasteiger partial charge in [-0.05, 0) is 5.92 Å². The van der Waals surface area contributed by atoms with E-state index in [0.717, 1.165) is 0 Å². The Labute approximate surface area is 117 Å². The fourth-order valence-corrected chi connectivity index (χ4v) is 2.17. The van der Waals surface area contributed by atoms with E-state index in [1.165, 1.54) is 19.1 Å². The second-order valence-electron chi connectivity index (χ2n) is 4.81. The number of nitrogens with one attached hydrogen (secondary N) is 1. The molecule has 0 saturated carbocycles. The second-order valence-corrected chi connectivity index (χ2v) is 4.81. The molecule has 114 valence electrons. The van der Waals surface area contributed by atoms with Crippen LogP contribution < -0.4 is 5.32 Å². The second kappa shape index (κ2) is 7.09. The molecule has 0 aromatic rings. The summed E-state index contributed by atoms with van der Waals surface area (Å²) in [6.45, 7) is 2.33. The van der Waals surface area contributed by atoms with Gasteiger partial charge in [0.1, 0.15) is 0 Å². The maximum absolute atomic E-state index is 12.0. The number of carboxylic acid groups (broad SMARTS) is 1. The number of methoxy groups -OCH3 is 2. The number of ether oxygens (including phenoxy) is 2. The number of hydrogen-bond acceptors (Lipinski definition) is 5. The van der Waals surface area contributed by atoms with Crippen molar-refractivity contribution in [2.24, 2.45) is 11.8 Å². The average molecular weight is 288 g/mol. The van der Waals surface area contributed by atoms with Crippen LogP contribution >= 0.6 is 0 Å².